The van der Waals surface area contributed by atoms with Gasteiger partial charge in [-0.3, -0.25) is 4.79 Å². The molecule has 3 rings (SSSR count). The van der Waals surface area contributed by atoms with Crippen LogP contribution >= 0.6 is 0 Å². The lowest BCUT2D eigenvalue weighted by Gasteiger charge is -2.19. The monoisotopic (exact) mass is 348 g/mol. The lowest BCUT2D eigenvalue weighted by Crippen LogP contribution is -2.29. The van der Waals surface area contributed by atoms with Gasteiger partial charge in [-0.05, 0) is 69.6 Å². The number of ketones is 1. The Morgan fingerprint density at radius 2 is 1.81 bits per heavy atom. The fourth-order valence-corrected chi connectivity index (χ4v) is 2.75. The minimum absolute atomic E-state index is 0.143. The molecule has 134 valence electrons. The summed E-state index contributed by atoms with van der Waals surface area (Å²) in [5.74, 6) is -0.209. The van der Waals surface area contributed by atoms with Crippen molar-refractivity contribution in [2.75, 3.05) is 19.4 Å². The Bertz CT molecular complexity index is 925. The summed E-state index contributed by atoms with van der Waals surface area (Å²) in [5, 5.41) is 12.5. The molecule has 0 bridgehead atoms. The summed E-state index contributed by atoms with van der Waals surface area (Å²) in [4.78, 5) is 17.6. The van der Waals surface area contributed by atoms with E-state index < -0.39 is 0 Å². The first-order chi connectivity index (χ1) is 12.4. The smallest absolute Gasteiger partial charge is 0.206 e. The first-order valence-electron chi connectivity index (χ1n) is 8.67. The number of nitrogens with zero attached hydrogens (tertiary/aromatic N) is 1. The van der Waals surface area contributed by atoms with Crippen molar-refractivity contribution < 1.29 is 4.79 Å². The van der Waals surface area contributed by atoms with Crippen LogP contribution in [0.4, 0.5) is 11.4 Å². The topological polar surface area (TPSA) is 72.0 Å². The van der Waals surface area contributed by atoms with Gasteiger partial charge >= 0.3 is 0 Å². The van der Waals surface area contributed by atoms with Gasteiger partial charge in [0.2, 0.25) is 5.78 Å². The van der Waals surface area contributed by atoms with Crippen molar-refractivity contribution in [1.82, 2.24) is 9.88 Å². The first kappa shape index (κ1) is 17.9. The molecular weight excluding hydrogens is 324 g/mol. The van der Waals surface area contributed by atoms with Crippen LogP contribution in [-0.4, -0.2) is 41.5 Å². The van der Waals surface area contributed by atoms with Gasteiger partial charge in [-0.2, -0.15) is 0 Å². The molecule has 0 radical (unpaired) electrons. The molecule has 1 heterocycles. The number of H-pyrrole nitrogens is 1. The van der Waals surface area contributed by atoms with Crippen LogP contribution < -0.4 is 5.32 Å². The minimum Gasteiger partial charge on any atom is -0.361 e. The van der Waals surface area contributed by atoms with Crippen molar-refractivity contribution in [2.24, 2.45) is 0 Å². The summed E-state index contributed by atoms with van der Waals surface area (Å²) < 4.78 is 0. The highest BCUT2D eigenvalue weighted by molar-refractivity contribution is 6.45. The van der Waals surface area contributed by atoms with Gasteiger partial charge in [0.15, 0.2) is 0 Å². The highest BCUT2D eigenvalue weighted by Crippen LogP contribution is 2.22. The summed E-state index contributed by atoms with van der Waals surface area (Å²) in [7, 11) is 3.90. The zero-order valence-electron chi connectivity index (χ0n) is 15.3. The van der Waals surface area contributed by atoms with Gasteiger partial charge in [-0.1, -0.05) is 0 Å². The van der Waals surface area contributed by atoms with E-state index in [-0.39, 0.29) is 17.5 Å². The third-order valence-electron chi connectivity index (χ3n) is 4.64. The normalized spacial score (nSPS) is 12.3. The second-order valence-electron chi connectivity index (χ2n) is 6.81. The average molecular weight is 348 g/mol. The van der Waals surface area contributed by atoms with E-state index in [1.165, 1.54) is 0 Å². The lowest BCUT2D eigenvalue weighted by molar-refractivity contribution is 0.106. The van der Waals surface area contributed by atoms with E-state index in [4.69, 9.17) is 5.41 Å². The van der Waals surface area contributed by atoms with Crippen LogP contribution in [0.2, 0.25) is 0 Å². The molecule has 1 atom stereocenters. The lowest BCUT2D eigenvalue weighted by atomic mass is 10.0. The number of Topliss-reactive ketones (excluding diaryl/α,β-unsaturated/α-hetero) is 1. The Morgan fingerprint density at radius 1 is 1.12 bits per heavy atom. The van der Waals surface area contributed by atoms with E-state index in [2.05, 4.69) is 16.4 Å². The van der Waals surface area contributed by atoms with E-state index in [1.807, 2.05) is 62.4 Å². The molecule has 0 spiro atoms. The molecular formula is C21H24N4O. The van der Waals surface area contributed by atoms with Gasteiger partial charge in [0, 0.05) is 46.5 Å². The maximum Gasteiger partial charge on any atom is 0.206 e. The third-order valence-corrected chi connectivity index (χ3v) is 4.64. The highest BCUT2D eigenvalue weighted by Gasteiger charge is 2.16. The average Bonchev–Trinajstić information content (AvgIpc) is 3.09. The van der Waals surface area contributed by atoms with Crippen LogP contribution in [0, 0.1) is 5.41 Å². The molecule has 0 aliphatic rings. The maximum atomic E-state index is 12.4. The third kappa shape index (κ3) is 4.00. The van der Waals surface area contributed by atoms with Gasteiger partial charge in [-0.15, -0.1) is 0 Å². The number of carbonyl (C=O) groups is 1. The Labute approximate surface area is 153 Å². The summed E-state index contributed by atoms with van der Waals surface area (Å²) in [6.07, 6.45) is 2.36. The summed E-state index contributed by atoms with van der Waals surface area (Å²) >= 11 is 0. The fraction of sp³-hybridized carbons (Fsp3) is 0.238. The van der Waals surface area contributed by atoms with E-state index in [9.17, 15) is 4.79 Å². The molecule has 0 fully saturated rings. The number of hydrogen-bond donors (Lipinski definition) is 3. The number of aromatic amines is 1. The molecule has 0 aliphatic carbocycles. The highest BCUT2D eigenvalue weighted by atomic mass is 16.1. The second-order valence-corrected chi connectivity index (χ2v) is 6.81. The second kappa shape index (κ2) is 7.54. The summed E-state index contributed by atoms with van der Waals surface area (Å²) in [6.45, 7) is 2.01. The Balaban J connectivity index is 1.67. The van der Waals surface area contributed by atoms with Crippen molar-refractivity contribution in [1.29, 1.82) is 5.41 Å². The quantitative estimate of drug-likeness (QED) is 0.436. The minimum atomic E-state index is -0.209. The van der Waals surface area contributed by atoms with Crippen molar-refractivity contribution in [3.05, 3.63) is 60.3 Å². The van der Waals surface area contributed by atoms with Crippen LogP contribution in [0.3, 0.4) is 0 Å². The number of benzene rings is 2. The van der Waals surface area contributed by atoms with Crippen LogP contribution in [0.5, 0.6) is 0 Å². The Hall–Kier alpha value is -2.92. The zero-order valence-corrected chi connectivity index (χ0v) is 15.3. The number of hydrogen-bond acceptors (Lipinski definition) is 4. The van der Waals surface area contributed by atoms with Crippen LogP contribution in [0.15, 0.2) is 54.7 Å². The van der Waals surface area contributed by atoms with E-state index >= 15 is 0 Å². The van der Waals surface area contributed by atoms with Crippen molar-refractivity contribution >= 4 is 33.8 Å². The van der Waals surface area contributed by atoms with Crippen LogP contribution in [0.25, 0.3) is 10.9 Å². The van der Waals surface area contributed by atoms with Gasteiger partial charge in [-0.25, -0.2) is 0 Å². The maximum absolute atomic E-state index is 12.4. The van der Waals surface area contributed by atoms with Gasteiger partial charge in [0.1, 0.15) is 0 Å². The molecule has 26 heavy (non-hydrogen) atoms. The van der Waals surface area contributed by atoms with Gasteiger partial charge in [0.25, 0.3) is 0 Å². The number of anilines is 2. The molecule has 2 aromatic carbocycles. The number of aromatic nitrogens is 1. The van der Waals surface area contributed by atoms with E-state index in [0.717, 1.165) is 22.3 Å². The van der Waals surface area contributed by atoms with Crippen molar-refractivity contribution in [3.8, 4) is 0 Å². The Kier molecular flexibility index (Phi) is 5.19. The molecule has 3 N–H and O–H groups in total. The molecule has 0 amide bonds. The number of carbonyl (C=O) groups excluding carboxylic acids is 1. The predicted molar refractivity (Wildman–Crippen MR) is 108 cm³/mol. The van der Waals surface area contributed by atoms with E-state index in [0.29, 0.717) is 12.0 Å². The predicted octanol–water partition coefficient (Wildman–Crippen LogP) is 4.45. The molecule has 1 unspecified atom stereocenters. The molecule has 0 aliphatic heterocycles. The standard InChI is InChI=1S/C21H24N4O/c1-14(25(2)3)12-19(22)21(26)15-4-6-17(7-5-15)24-18-8-9-20-16(13-18)10-11-23-20/h4-11,13-14,22-24H,12H2,1-3H3. The number of fused-ring (bicyclic) bond motifs is 1. The van der Waals surface area contributed by atoms with Crippen LogP contribution in [-0.2, 0) is 0 Å². The summed E-state index contributed by atoms with van der Waals surface area (Å²) in [6, 6.07) is 15.6. The first-order valence-corrected chi connectivity index (χ1v) is 8.67. The summed E-state index contributed by atoms with van der Waals surface area (Å²) in [5.41, 5.74) is 3.69. The van der Waals surface area contributed by atoms with Gasteiger partial charge < -0.3 is 20.6 Å². The molecule has 0 saturated heterocycles. The molecule has 5 nitrogen and oxygen atoms in total. The SMILES string of the molecule is CC(CC(=N)C(=O)c1ccc(Nc2ccc3[nH]ccc3c2)cc1)N(C)C. The molecule has 3 aromatic rings. The fourth-order valence-electron chi connectivity index (χ4n) is 2.75. The van der Waals surface area contributed by atoms with Gasteiger partial charge in [0.05, 0.1) is 5.71 Å². The molecule has 1 aromatic heterocycles. The van der Waals surface area contributed by atoms with Crippen molar-refractivity contribution in [3.63, 3.8) is 0 Å². The largest absolute Gasteiger partial charge is 0.361 e. The van der Waals surface area contributed by atoms with Crippen molar-refractivity contribution in [2.45, 2.75) is 19.4 Å². The van der Waals surface area contributed by atoms with Crippen LogP contribution in [0.1, 0.15) is 23.7 Å². The Morgan fingerprint density at radius 3 is 2.50 bits per heavy atom. The molecule has 0 saturated carbocycles. The molecule has 5 heteroatoms. The zero-order chi connectivity index (χ0) is 18.7. The number of nitrogens with one attached hydrogen (secondary N) is 3. The number of rotatable bonds is 7. The van der Waals surface area contributed by atoms with E-state index in [1.54, 1.807) is 12.1 Å².